The fraction of sp³-hybridized carbons (Fsp3) is 0.375. The number of halogens is 3. The molecular formula is C24H27Br2IN2O5. The molecule has 1 fully saturated rings. The number of hydrogen-bond acceptors (Lipinski definition) is 6. The fourth-order valence-corrected chi connectivity index (χ4v) is 4.39. The maximum atomic E-state index is 5.76. The highest BCUT2D eigenvalue weighted by Gasteiger charge is 2.17. The minimum Gasteiger partial charge on any atom is -0.466 e. The maximum Gasteiger partial charge on any atom is 0.188 e. The molecule has 184 valence electrons. The van der Waals surface area contributed by atoms with Crippen LogP contribution < -0.4 is 9.47 Å². The normalized spacial score (nSPS) is 15.4. The van der Waals surface area contributed by atoms with Gasteiger partial charge in [0.1, 0.15) is 17.7 Å². The van der Waals surface area contributed by atoms with E-state index in [1.54, 1.807) is 14.2 Å². The molecule has 3 aromatic rings. The Labute approximate surface area is 230 Å². The Morgan fingerprint density at radius 3 is 2.29 bits per heavy atom. The summed E-state index contributed by atoms with van der Waals surface area (Å²) in [6, 6.07) is 11.9. The van der Waals surface area contributed by atoms with Crippen molar-refractivity contribution >= 4 is 54.5 Å². The average molecular weight is 710 g/mol. The summed E-state index contributed by atoms with van der Waals surface area (Å²) in [5, 5.41) is 4.44. The summed E-state index contributed by atoms with van der Waals surface area (Å²) in [5.74, 6) is 1.56. The van der Waals surface area contributed by atoms with E-state index in [0.29, 0.717) is 0 Å². The van der Waals surface area contributed by atoms with Crippen molar-refractivity contribution in [3.63, 3.8) is 0 Å². The lowest BCUT2D eigenvalue weighted by Crippen LogP contribution is -2.18. The van der Waals surface area contributed by atoms with Crippen molar-refractivity contribution in [2.75, 3.05) is 34.4 Å². The van der Waals surface area contributed by atoms with Crippen molar-refractivity contribution in [3.05, 3.63) is 61.3 Å². The van der Waals surface area contributed by atoms with Crippen molar-refractivity contribution in [2.24, 2.45) is 0 Å². The number of methoxy groups -OCH3 is 2. The molecule has 0 spiro atoms. The molecule has 34 heavy (non-hydrogen) atoms. The van der Waals surface area contributed by atoms with Gasteiger partial charge >= 0.3 is 0 Å². The van der Waals surface area contributed by atoms with E-state index in [1.807, 2.05) is 53.5 Å². The van der Waals surface area contributed by atoms with E-state index in [1.165, 1.54) is 6.42 Å². The summed E-state index contributed by atoms with van der Waals surface area (Å²) >= 11 is 9.09. The lowest BCUT2D eigenvalue weighted by Gasteiger charge is -2.22. The van der Waals surface area contributed by atoms with Gasteiger partial charge in [-0.15, -0.1) is 0 Å². The predicted molar refractivity (Wildman–Crippen MR) is 146 cm³/mol. The molecule has 10 heteroatoms. The summed E-state index contributed by atoms with van der Waals surface area (Å²) in [6.45, 7) is 1.31. The second-order valence-corrected chi connectivity index (χ2v) is 10.3. The van der Waals surface area contributed by atoms with Crippen LogP contribution in [0.5, 0.6) is 11.5 Å². The molecule has 1 aromatic heterocycles. The van der Waals surface area contributed by atoms with E-state index < -0.39 is 0 Å². The molecule has 0 N–H and O–H groups in total. The molecule has 0 radical (unpaired) electrons. The van der Waals surface area contributed by atoms with Gasteiger partial charge in [-0.25, -0.2) is 4.68 Å². The minimum absolute atomic E-state index is 0.0576. The first-order valence-electron chi connectivity index (χ1n) is 10.7. The molecule has 1 saturated heterocycles. The van der Waals surface area contributed by atoms with Gasteiger partial charge in [0.15, 0.2) is 13.6 Å². The first-order valence-corrected chi connectivity index (χ1v) is 13.3. The second kappa shape index (κ2) is 14.4. The molecule has 7 nitrogen and oxygen atoms in total. The second-order valence-electron chi connectivity index (χ2n) is 7.35. The lowest BCUT2D eigenvalue weighted by atomic mass is 10.1. The zero-order valence-electron chi connectivity index (χ0n) is 19.0. The predicted octanol–water partition coefficient (Wildman–Crippen LogP) is 7.03. The van der Waals surface area contributed by atoms with Crippen molar-refractivity contribution in [3.8, 4) is 22.6 Å². The Morgan fingerprint density at radius 2 is 1.65 bits per heavy atom. The van der Waals surface area contributed by atoms with Gasteiger partial charge in [0.25, 0.3) is 0 Å². The highest BCUT2D eigenvalue weighted by Crippen LogP contribution is 2.32. The Balaban J connectivity index is 0.000000229. The number of hydrogen-bond donors (Lipinski definition) is 0. The van der Waals surface area contributed by atoms with Crippen LogP contribution in [0.2, 0.25) is 0 Å². The van der Waals surface area contributed by atoms with Crippen LogP contribution in [0.3, 0.4) is 0 Å². The Kier molecular flexibility index (Phi) is 11.6. The summed E-state index contributed by atoms with van der Waals surface area (Å²) in [4.78, 5) is 0. The molecular weight excluding hydrogens is 683 g/mol. The summed E-state index contributed by atoms with van der Waals surface area (Å²) in [6.07, 6.45) is 7.29. The molecule has 1 aliphatic rings. The highest BCUT2D eigenvalue weighted by atomic mass is 127. The van der Waals surface area contributed by atoms with E-state index in [-0.39, 0.29) is 19.8 Å². The van der Waals surface area contributed by atoms with E-state index in [4.69, 9.17) is 23.7 Å². The standard InChI is InChI=1S/C16H19BrN2O3.C8H8BrIO2/c1-20-11-22-15-8-12(5-6-14(15)17)13-9-18-19(10-13)16-4-2-3-7-21-16;1-11-5-12-8-4-6(10)2-3-7(8)9/h5-6,8-10,16H,2-4,7,11H2,1H3;2-4H,5H2,1H3. The largest absolute Gasteiger partial charge is 0.466 e. The molecule has 1 aliphatic heterocycles. The van der Waals surface area contributed by atoms with Crippen LogP contribution >= 0.6 is 54.5 Å². The van der Waals surface area contributed by atoms with Crippen LogP contribution in [0.1, 0.15) is 25.5 Å². The molecule has 0 aliphatic carbocycles. The van der Waals surface area contributed by atoms with E-state index in [9.17, 15) is 0 Å². The van der Waals surface area contributed by atoms with Gasteiger partial charge in [0.2, 0.25) is 0 Å². The SMILES string of the molecule is COCOc1cc(-c2cnn(C3CCCCO3)c2)ccc1Br.COCOc1cc(I)ccc1Br. The molecule has 0 saturated carbocycles. The number of ether oxygens (including phenoxy) is 5. The Bertz CT molecular complexity index is 1040. The van der Waals surface area contributed by atoms with Crippen molar-refractivity contribution in [2.45, 2.75) is 25.5 Å². The summed E-state index contributed by atoms with van der Waals surface area (Å²) < 4.78 is 31.2. The smallest absolute Gasteiger partial charge is 0.188 e. The molecule has 0 bridgehead atoms. The van der Waals surface area contributed by atoms with Gasteiger partial charge in [0.05, 0.1) is 15.1 Å². The third-order valence-electron chi connectivity index (χ3n) is 4.87. The third kappa shape index (κ3) is 8.20. The van der Waals surface area contributed by atoms with Crippen LogP contribution in [0.25, 0.3) is 11.1 Å². The van der Waals surface area contributed by atoms with Gasteiger partial charge in [-0.1, -0.05) is 6.07 Å². The van der Waals surface area contributed by atoms with Gasteiger partial charge in [-0.05, 0) is 110 Å². The minimum atomic E-state index is 0.0576. The van der Waals surface area contributed by atoms with Gasteiger partial charge < -0.3 is 23.7 Å². The molecule has 4 rings (SSSR count). The maximum absolute atomic E-state index is 5.76. The van der Waals surface area contributed by atoms with Crippen molar-refractivity contribution in [1.29, 1.82) is 0 Å². The third-order valence-corrected chi connectivity index (χ3v) is 6.86. The van der Waals surface area contributed by atoms with Crippen molar-refractivity contribution < 1.29 is 23.7 Å². The topological polar surface area (TPSA) is 64.0 Å². The van der Waals surface area contributed by atoms with Crippen LogP contribution in [-0.4, -0.2) is 44.2 Å². The zero-order chi connectivity index (χ0) is 24.3. The highest BCUT2D eigenvalue weighted by molar-refractivity contribution is 14.1. The van der Waals surface area contributed by atoms with Crippen LogP contribution in [0.15, 0.2) is 57.7 Å². The molecule has 2 aromatic carbocycles. The van der Waals surface area contributed by atoms with E-state index in [2.05, 4.69) is 59.5 Å². The number of benzene rings is 2. The monoisotopic (exact) mass is 708 g/mol. The molecule has 0 amide bonds. The zero-order valence-corrected chi connectivity index (χ0v) is 24.3. The van der Waals surface area contributed by atoms with Gasteiger partial charge in [-0.3, -0.25) is 0 Å². The Hall–Kier alpha value is -1.18. The summed E-state index contributed by atoms with van der Waals surface area (Å²) in [5.41, 5.74) is 2.10. The van der Waals surface area contributed by atoms with Crippen molar-refractivity contribution in [1.82, 2.24) is 9.78 Å². The lowest BCUT2D eigenvalue weighted by molar-refractivity contribution is -0.0394. The van der Waals surface area contributed by atoms with Gasteiger partial charge in [0, 0.05) is 36.2 Å². The van der Waals surface area contributed by atoms with Crippen LogP contribution in [-0.2, 0) is 14.2 Å². The van der Waals surface area contributed by atoms with E-state index in [0.717, 1.165) is 54.6 Å². The number of nitrogens with zero attached hydrogens (tertiary/aromatic N) is 2. The molecule has 2 heterocycles. The van der Waals surface area contributed by atoms with Gasteiger partial charge in [-0.2, -0.15) is 5.10 Å². The number of rotatable bonds is 8. The molecule has 1 unspecified atom stereocenters. The first kappa shape index (κ1) is 27.4. The quantitative estimate of drug-likeness (QED) is 0.185. The first-order chi connectivity index (χ1) is 16.5. The average Bonchev–Trinajstić information content (AvgIpc) is 3.35. The number of aromatic nitrogens is 2. The fourth-order valence-electron chi connectivity index (χ4n) is 3.20. The van der Waals surface area contributed by atoms with Crippen LogP contribution in [0, 0.1) is 3.57 Å². The van der Waals surface area contributed by atoms with Crippen LogP contribution in [0.4, 0.5) is 0 Å². The Morgan fingerprint density at radius 1 is 0.971 bits per heavy atom. The van der Waals surface area contributed by atoms with E-state index >= 15 is 0 Å². The summed E-state index contributed by atoms with van der Waals surface area (Å²) in [7, 11) is 3.20. The molecule has 1 atom stereocenters.